The van der Waals surface area contributed by atoms with E-state index >= 15 is 0 Å². The van der Waals surface area contributed by atoms with Crippen LogP contribution in [0.5, 0.6) is 0 Å². The molecule has 2 aliphatic rings. The minimum Gasteiger partial charge on any atom is -0.393 e. The van der Waals surface area contributed by atoms with Crippen LogP contribution in [-0.2, 0) is 0 Å². The topological polar surface area (TPSA) is 20.2 Å². The van der Waals surface area contributed by atoms with Crippen molar-refractivity contribution >= 4 is 0 Å². The second-order valence-electron chi connectivity index (χ2n) is 3.96. The maximum Gasteiger partial charge on any atom is 0.0571 e. The van der Waals surface area contributed by atoms with Gasteiger partial charge >= 0.3 is 0 Å². The summed E-state index contributed by atoms with van der Waals surface area (Å²) >= 11 is 0. The normalized spacial score (nSPS) is 52.2. The van der Waals surface area contributed by atoms with Crippen molar-refractivity contribution in [3.63, 3.8) is 0 Å². The van der Waals surface area contributed by atoms with Crippen LogP contribution in [0.3, 0.4) is 0 Å². The Bertz CT molecular complexity index is 131. The van der Waals surface area contributed by atoms with E-state index in [1.54, 1.807) is 0 Å². The zero-order valence-corrected chi connectivity index (χ0v) is 6.59. The minimum absolute atomic E-state index is 0.0628. The zero-order valence-electron chi connectivity index (χ0n) is 6.59. The van der Waals surface area contributed by atoms with Crippen molar-refractivity contribution in [1.82, 2.24) is 0 Å². The van der Waals surface area contributed by atoms with Gasteiger partial charge in [0.05, 0.1) is 6.10 Å². The molecule has 0 aliphatic heterocycles. The largest absolute Gasteiger partial charge is 0.393 e. The molecule has 0 aromatic heterocycles. The predicted octanol–water partition coefficient (Wildman–Crippen LogP) is 1.80. The molecule has 2 rings (SSSR count). The van der Waals surface area contributed by atoms with Gasteiger partial charge in [-0.15, -0.1) is 0 Å². The molecule has 1 N–H and O–H groups in total. The summed E-state index contributed by atoms with van der Waals surface area (Å²) in [6.07, 6.45) is 5.12. The standard InChI is InChI=1S/C9H16O/c1-2-6-3-8-4-7(6)5-9(8)10/h6-10H,2-5H2,1H3/t6-,7+,8-,9-/m1/s1. The van der Waals surface area contributed by atoms with E-state index in [-0.39, 0.29) is 6.10 Å². The summed E-state index contributed by atoms with van der Waals surface area (Å²) in [5.41, 5.74) is 0. The van der Waals surface area contributed by atoms with Gasteiger partial charge in [0.1, 0.15) is 0 Å². The first-order chi connectivity index (χ1) is 4.81. The van der Waals surface area contributed by atoms with Gasteiger partial charge in [-0.1, -0.05) is 13.3 Å². The van der Waals surface area contributed by atoms with Gasteiger partial charge in [-0.2, -0.15) is 0 Å². The highest BCUT2D eigenvalue weighted by atomic mass is 16.3. The van der Waals surface area contributed by atoms with Crippen molar-refractivity contribution in [3.05, 3.63) is 0 Å². The van der Waals surface area contributed by atoms with Crippen LogP contribution in [0, 0.1) is 17.8 Å². The van der Waals surface area contributed by atoms with E-state index in [2.05, 4.69) is 6.92 Å². The lowest BCUT2D eigenvalue weighted by molar-refractivity contribution is 0.0943. The van der Waals surface area contributed by atoms with Crippen molar-refractivity contribution in [2.24, 2.45) is 17.8 Å². The molecule has 0 aromatic carbocycles. The van der Waals surface area contributed by atoms with Crippen molar-refractivity contribution in [2.45, 2.75) is 38.7 Å². The van der Waals surface area contributed by atoms with E-state index in [0.717, 1.165) is 18.3 Å². The minimum atomic E-state index is 0.0628. The number of hydrogen-bond acceptors (Lipinski definition) is 1. The first-order valence-electron chi connectivity index (χ1n) is 4.49. The zero-order chi connectivity index (χ0) is 7.14. The molecule has 4 atom stereocenters. The van der Waals surface area contributed by atoms with Crippen molar-refractivity contribution in [2.75, 3.05) is 0 Å². The van der Waals surface area contributed by atoms with Gasteiger partial charge < -0.3 is 5.11 Å². The second kappa shape index (κ2) is 2.23. The van der Waals surface area contributed by atoms with Gasteiger partial charge in [0.25, 0.3) is 0 Å². The van der Waals surface area contributed by atoms with Crippen molar-refractivity contribution < 1.29 is 5.11 Å². The van der Waals surface area contributed by atoms with E-state index in [9.17, 15) is 5.11 Å². The first-order valence-corrected chi connectivity index (χ1v) is 4.49. The molecule has 0 unspecified atom stereocenters. The molecule has 1 heteroatoms. The van der Waals surface area contributed by atoms with Gasteiger partial charge in [0.15, 0.2) is 0 Å². The lowest BCUT2D eigenvalue weighted by atomic mass is 9.86. The molecule has 0 aromatic rings. The number of rotatable bonds is 1. The highest BCUT2D eigenvalue weighted by molar-refractivity contribution is 4.94. The fraction of sp³-hybridized carbons (Fsp3) is 1.00. The average molecular weight is 140 g/mol. The summed E-state index contributed by atoms with van der Waals surface area (Å²) in [4.78, 5) is 0. The van der Waals surface area contributed by atoms with Crippen LogP contribution in [0.1, 0.15) is 32.6 Å². The molecule has 0 radical (unpaired) electrons. The predicted molar refractivity (Wildman–Crippen MR) is 40.6 cm³/mol. The fourth-order valence-corrected chi connectivity index (χ4v) is 2.86. The number of aliphatic hydroxyl groups excluding tert-OH is 1. The summed E-state index contributed by atoms with van der Waals surface area (Å²) in [6, 6.07) is 0. The molecule has 2 saturated carbocycles. The average Bonchev–Trinajstić information content (AvgIpc) is 2.44. The highest BCUT2D eigenvalue weighted by Crippen LogP contribution is 2.49. The molecule has 1 nitrogen and oxygen atoms in total. The summed E-state index contributed by atoms with van der Waals surface area (Å²) in [5.74, 6) is 2.51. The van der Waals surface area contributed by atoms with Crippen LogP contribution < -0.4 is 0 Å². The molecule has 58 valence electrons. The lowest BCUT2D eigenvalue weighted by Gasteiger charge is -2.23. The van der Waals surface area contributed by atoms with Crippen LogP contribution in [0.25, 0.3) is 0 Å². The van der Waals surface area contributed by atoms with Crippen LogP contribution in [0.2, 0.25) is 0 Å². The monoisotopic (exact) mass is 140 g/mol. The molecule has 2 fully saturated rings. The first kappa shape index (κ1) is 6.66. The van der Waals surface area contributed by atoms with Gasteiger partial charge in [0, 0.05) is 0 Å². The molecular formula is C9H16O. The summed E-state index contributed by atoms with van der Waals surface area (Å²) in [6.45, 7) is 2.28. The van der Waals surface area contributed by atoms with Gasteiger partial charge in [-0.3, -0.25) is 0 Å². The Balaban J connectivity index is 2.02. The lowest BCUT2D eigenvalue weighted by Crippen LogP contribution is -2.20. The van der Waals surface area contributed by atoms with Crippen LogP contribution in [0.15, 0.2) is 0 Å². The highest BCUT2D eigenvalue weighted by Gasteiger charge is 2.43. The van der Waals surface area contributed by atoms with Gasteiger partial charge in [-0.05, 0) is 37.0 Å². The van der Waals surface area contributed by atoms with Gasteiger partial charge in [0.2, 0.25) is 0 Å². The molecule has 0 spiro atoms. The third-order valence-corrected chi connectivity index (χ3v) is 3.49. The number of hydrogen-bond donors (Lipinski definition) is 1. The quantitative estimate of drug-likeness (QED) is 0.589. The van der Waals surface area contributed by atoms with E-state index in [0.29, 0.717) is 5.92 Å². The Morgan fingerprint density at radius 2 is 2.00 bits per heavy atom. The molecule has 0 saturated heterocycles. The SMILES string of the molecule is CC[C@@H]1C[C@@H]2C[C@H]1C[C@H]2O. The van der Waals surface area contributed by atoms with E-state index < -0.39 is 0 Å². The molecule has 2 bridgehead atoms. The van der Waals surface area contributed by atoms with Crippen LogP contribution in [0.4, 0.5) is 0 Å². The van der Waals surface area contributed by atoms with Gasteiger partial charge in [-0.25, -0.2) is 0 Å². The van der Waals surface area contributed by atoms with E-state index in [4.69, 9.17) is 0 Å². The molecule has 0 amide bonds. The Morgan fingerprint density at radius 3 is 2.40 bits per heavy atom. The molecule has 0 heterocycles. The molecule has 10 heavy (non-hydrogen) atoms. The summed E-state index contributed by atoms with van der Waals surface area (Å²) in [5, 5.41) is 9.43. The third-order valence-electron chi connectivity index (χ3n) is 3.49. The Hall–Kier alpha value is -0.0400. The van der Waals surface area contributed by atoms with Crippen LogP contribution in [-0.4, -0.2) is 11.2 Å². The third kappa shape index (κ3) is 0.800. The van der Waals surface area contributed by atoms with E-state index in [1.807, 2.05) is 0 Å². The smallest absolute Gasteiger partial charge is 0.0571 e. The Kier molecular flexibility index (Phi) is 1.48. The second-order valence-corrected chi connectivity index (χ2v) is 3.96. The van der Waals surface area contributed by atoms with Crippen molar-refractivity contribution in [3.8, 4) is 0 Å². The van der Waals surface area contributed by atoms with E-state index in [1.165, 1.54) is 19.3 Å². The maximum absolute atomic E-state index is 9.43. The Labute approximate surface area is 62.4 Å². The number of fused-ring (bicyclic) bond motifs is 2. The fourth-order valence-electron chi connectivity index (χ4n) is 2.86. The molecule has 2 aliphatic carbocycles. The summed E-state index contributed by atoms with van der Waals surface area (Å²) in [7, 11) is 0. The van der Waals surface area contributed by atoms with Crippen molar-refractivity contribution in [1.29, 1.82) is 0 Å². The number of aliphatic hydroxyl groups is 1. The Morgan fingerprint density at radius 1 is 1.20 bits per heavy atom. The maximum atomic E-state index is 9.43. The van der Waals surface area contributed by atoms with Crippen LogP contribution >= 0.6 is 0 Å². The summed E-state index contributed by atoms with van der Waals surface area (Å²) < 4.78 is 0. The molecular weight excluding hydrogens is 124 g/mol.